The van der Waals surface area contributed by atoms with Crippen molar-refractivity contribution in [1.82, 2.24) is 20.0 Å². The molecule has 0 spiro atoms. The standard InChI is InChI=1S/C13H22N4/c1-13(11-3-4-11)10-14-6-8-17(13)9-12-5-7-16(2)15-12/h5,7,11,14H,3-4,6,8-10H2,1-2H3. The average molecular weight is 234 g/mol. The maximum Gasteiger partial charge on any atom is 0.0764 e. The molecule has 2 fully saturated rings. The molecule has 1 unspecified atom stereocenters. The van der Waals surface area contributed by atoms with Crippen molar-refractivity contribution in [2.45, 2.75) is 31.8 Å². The highest BCUT2D eigenvalue weighted by Gasteiger charge is 2.46. The molecule has 1 aromatic heterocycles. The van der Waals surface area contributed by atoms with Crippen LogP contribution in [0.15, 0.2) is 12.3 Å². The van der Waals surface area contributed by atoms with Gasteiger partial charge in [0.05, 0.1) is 5.69 Å². The lowest BCUT2D eigenvalue weighted by Crippen LogP contribution is -2.60. The van der Waals surface area contributed by atoms with E-state index < -0.39 is 0 Å². The Labute approximate surface area is 103 Å². The molecule has 1 atom stereocenters. The molecule has 2 aliphatic rings. The van der Waals surface area contributed by atoms with Crippen LogP contribution in [-0.2, 0) is 13.6 Å². The van der Waals surface area contributed by atoms with Gasteiger partial charge in [0, 0.05) is 45.0 Å². The summed E-state index contributed by atoms with van der Waals surface area (Å²) < 4.78 is 1.89. The summed E-state index contributed by atoms with van der Waals surface area (Å²) in [6, 6.07) is 2.13. The summed E-state index contributed by atoms with van der Waals surface area (Å²) in [5, 5.41) is 8.06. The van der Waals surface area contributed by atoms with Gasteiger partial charge in [-0.1, -0.05) is 0 Å². The minimum absolute atomic E-state index is 0.343. The number of nitrogens with one attached hydrogen (secondary N) is 1. The molecule has 0 radical (unpaired) electrons. The zero-order valence-corrected chi connectivity index (χ0v) is 10.8. The monoisotopic (exact) mass is 234 g/mol. The fourth-order valence-corrected chi connectivity index (χ4v) is 3.03. The highest BCUT2D eigenvalue weighted by molar-refractivity contribution is 5.06. The first-order valence-corrected chi connectivity index (χ1v) is 6.63. The van der Waals surface area contributed by atoms with Crippen LogP contribution in [0.1, 0.15) is 25.5 Å². The van der Waals surface area contributed by atoms with Crippen LogP contribution in [0.3, 0.4) is 0 Å². The minimum Gasteiger partial charge on any atom is -0.314 e. The van der Waals surface area contributed by atoms with Crippen molar-refractivity contribution in [3.63, 3.8) is 0 Å². The molecule has 0 amide bonds. The van der Waals surface area contributed by atoms with E-state index in [1.165, 1.54) is 18.5 Å². The second kappa shape index (κ2) is 4.10. The summed E-state index contributed by atoms with van der Waals surface area (Å²) in [4.78, 5) is 2.63. The molecule has 1 aliphatic carbocycles. The van der Waals surface area contributed by atoms with Crippen LogP contribution in [0.5, 0.6) is 0 Å². The van der Waals surface area contributed by atoms with Crippen molar-refractivity contribution >= 4 is 0 Å². The summed E-state index contributed by atoms with van der Waals surface area (Å²) in [5.41, 5.74) is 1.54. The quantitative estimate of drug-likeness (QED) is 0.847. The van der Waals surface area contributed by atoms with Gasteiger partial charge in [-0.05, 0) is 31.7 Å². The topological polar surface area (TPSA) is 33.1 Å². The first-order valence-electron chi connectivity index (χ1n) is 6.63. The lowest BCUT2D eigenvalue weighted by Gasteiger charge is -2.45. The van der Waals surface area contributed by atoms with Crippen LogP contribution in [0.2, 0.25) is 0 Å². The summed E-state index contributed by atoms with van der Waals surface area (Å²) in [5.74, 6) is 0.888. The summed E-state index contributed by atoms with van der Waals surface area (Å²) >= 11 is 0. The Bertz CT molecular complexity index is 396. The van der Waals surface area contributed by atoms with Crippen LogP contribution in [0.4, 0.5) is 0 Å². The Hall–Kier alpha value is -0.870. The third-order valence-corrected chi connectivity index (χ3v) is 4.34. The molecule has 0 aromatic carbocycles. The fraction of sp³-hybridized carbons (Fsp3) is 0.769. The van der Waals surface area contributed by atoms with Gasteiger partial charge in [-0.15, -0.1) is 0 Å². The van der Waals surface area contributed by atoms with E-state index in [-0.39, 0.29) is 0 Å². The molecule has 1 N–H and O–H groups in total. The second-order valence-corrected chi connectivity index (χ2v) is 5.71. The molecule has 4 heteroatoms. The number of aryl methyl sites for hydroxylation is 1. The van der Waals surface area contributed by atoms with Gasteiger partial charge in [-0.2, -0.15) is 5.10 Å². The summed E-state index contributed by atoms with van der Waals surface area (Å²) in [6.45, 7) is 6.79. The van der Waals surface area contributed by atoms with E-state index in [0.717, 1.165) is 32.1 Å². The van der Waals surface area contributed by atoms with Gasteiger partial charge in [-0.25, -0.2) is 0 Å². The zero-order valence-electron chi connectivity index (χ0n) is 10.8. The largest absolute Gasteiger partial charge is 0.314 e. The first kappa shape index (κ1) is 11.2. The third kappa shape index (κ3) is 2.11. The average Bonchev–Trinajstić information content (AvgIpc) is 3.08. The Morgan fingerprint density at radius 2 is 2.35 bits per heavy atom. The van der Waals surface area contributed by atoms with E-state index in [1.54, 1.807) is 0 Å². The molecule has 2 heterocycles. The van der Waals surface area contributed by atoms with E-state index in [9.17, 15) is 0 Å². The molecular formula is C13H22N4. The maximum absolute atomic E-state index is 4.50. The molecule has 1 aromatic rings. The predicted octanol–water partition coefficient (Wildman–Crippen LogP) is 0.994. The highest BCUT2D eigenvalue weighted by atomic mass is 15.3. The van der Waals surface area contributed by atoms with Crippen LogP contribution < -0.4 is 5.32 Å². The van der Waals surface area contributed by atoms with Crippen molar-refractivity contribution < 1.29 is 0 Å². The molecule has 3 rings (SSSR count). The van der Waals surface area contributed by atoms with Gasteiger partial charge < -0.3 is 5.32 Å². The van der Waals surface area contributed by atoms with Crippen LogP contribution in [0.25, 0.3) is 0 Å². The summed E-state index contributed by atoms with van der Waals surface area (Å²) in [6.07, 6.45) is 4.83. The van der Waals surface area contributed by atoms with Crippen LogP contribution in [-0.4, -0.2) is 39.9 Å². The van der Waals surface area contributed by atoms with Gasteiger partial charge >= 0.3 is 0 Å². The fourth-order valence-electron chi connectivity index (χ4n) is 3.03. The van der Waals surface area contributed by atoms with Crippen molar-refractivity contribution in [3.8, 4) is 0 Å². The van der Waals surface area contributed by atoms with Crippen molar-refractivity contribution in [1.29, 1.82) is 0 Å². The minimum atomic E-state index is 0.343. The number of piperazine rings is 1. The highest BCUT2D eigenvalue weighted by Crippen LogP contribution is 2.43. The van der Waals surface area contributed by atoms with Crippen molar-refractivity contribution in [3.05, 3.63) is 18.0 Å². The van der Waals surface area contributed by atoms with E-state index in [1.807, 2.05) is 17.9 Å². The molecular weight excluding hydrogens is 212 g/mol. The predicted molar refractivity (Wildman–Crippen MR) is 67.6 cm³/mol. The number of rotatable bonds is 3. The maximum atomic E-state index is 4.50. The smallest absolute Gasteiger partial charge is 0.0764 e. The molecule has 1 saturated heterocycles. The van der Waals surface area contributed by atoms with E-state index in [4.69, 9.17) is 0 Å². The van der Waals surface area contributed by atoms with Gasteiger partial charge in [0.1, 0.15) is 0 Å². The van der Waals surface area contributed by atoms with Crippen LogP contribution in [0, 0.1) is 5.92 Å². The van der Waals surface area contributed by atoms with Gasteiger partial charge in [0.25, 0.3) is 0 Å². The SMILES string of the molecule is Cn1ccc(CN2CCNCC2(C)C2CC2)n1. The number of nitrogens with zero attached hydrogens (tertiary/aromatic N) is 3. The molecule has 94 valence electrons. The number of hydrogen-bond donors (Lipinski definition) is 1. The number of aromatic nitrogens is 2. The summed E-state index contributed by atoms with van der Waals surface area (Å²) in [7, 11) is 1.99. The molecule has 1 aliphatic heterocycles. The van der Waals surface area contributed by atoms with Crippen molar-refractivity contribution in [2.75, 3.05) is 19.6 Å². The lowest BCUT2D eigenvalue weighted by molar-refractivity contribution is 0.0472. The van der Waals surface area contributed by atoms with Crippen molar-refractivity contribution in [2.24, 2.45) is 13.0 Å². The molecule has 17 heavy (non-hydrogen) atoms. The lowest BCUT2D eigenvalue weighted by atomic mass is 9.91. The zero-order chi connectivity index (χ0) is 11.9. The Morgan fingerprint density at radius 3 is 3.00 bits per heavy atom. The normalized spacial score (nSPS) is 30.7. The van der Waals surface area contributed by atoms with Gasteiger partial charge in [0.2, 0.25) is 0 Å². The Morgan fingerprint density at radius 1 is 1.53 bits per heavy atom. The Kier molecular flexibility index (Phi) is 2.71. The molecule has 0 bridgehead atoms. The van der Waals surface area contributed by atoms with E-state index in [0.29, 0.717) is 5.54 Å². The molecule has 4 nitrogen and oxygen atoms in total. The van der Waals surface area contributed by atoms with E-state index in [2.05, 4.69) is 28.3 Å². The number of hydrogen-bond acceptors (Lipinski definition) is 3. The van der Waals surface area contributed by atoms with E-state index >= 15 is 0 Å². The second-order valence-electron chi connectivity index (χ2n) is 5.71. The first-order chi connectivity index (χ1) is 8.18. The van der Waals surface area contributed by atoms with Gasteiger partial charge in [-0.3, -0.25) is 9.58 Å². The molecule has 1 saturated carbocycles. The Balaban J connectivity index is 1.75. The third-order valence-electron chi connectivity index (χ3n) is 4.34. The van der Waals surface area contributed by atoms with Gasteiger partial charge in [0.15, 0.2) is 0 Å². The van der Waals surface area contributed by atoms with Crippen LogP contribution >= 0.6 is 0 Å².